The molecule has 0 atom stereocenters. The molecule has 1 aromatic heterocycles. The van der Waals surface area contributed by atoms with Crippen LogP contribution in [-0.2, 0) is 5.41 Å². The molecule has 0 aliphatic rings. The van der Waals surface area contributed by atoms with Crippen molar-refractivity contribution in [3.05, 3.63) is 34.2 Å². The van der Waals surface area contributed by atoms with Crippen LogP contribution in [0.5, 0.6) is 0 Å². The fourth-order valence-electron chi connectivity index (χ4n) is 1.96. The van der Waals surface area contributed by atoms with Gasteiger partial charge in [-0.15, -0.1) is 0 Å². The van der Waals surface area contributed by atoms with Crippen molar-refractivity contribution in [1.29, 1.82) is 0 Å². The fraction of sp³-hybridized carbons (Fsp3) is 0.417. The summed E-state index contributed by atoms with van der Waals surface area (Å²) in [5.74, 6) is 0. The SMILES string of the molecule is CC(C)(CCN)c1ccc2[nH]c(=O)[nH]c2c1. The maximum Gasteiger partial charge on any atom is 0.323 e. The number of nitrogens with two attached hydrogens (primary N) is 1. The molecule has 0 unspecified atom stereocenters. The smallest absolute Gasteiger partial charge is 0.323 e. The number of nitrogens with one attached hydrogen (secondary N) is 2. The van der Waals surface area contributed by atoms with E-state index in [9.17, 15) is 4.79 Å². The van der Waals surface area contributed by atoms with Crippen molar-refractivity contribution in [2.75, 3.05) is 6.54 Å². The minimum absolute atomic E-state index is 0.0388. The van der Waals surface area contributed by atoms with Crippen molar-refractivity contribution in [2.24, 2.45) is 5.73 Å². The molecule has 1 heterocycles. The van der Waals surface area contributed by atoms with Crippen LogP contribution in [0.3, 0.4) is 0 Å². The van der Waals surface area contributed by atoms with E-state index in [-0.39, 0.29) is 11.1 Å². The maximum atomic E-state index is 11.1. The molecule has 16 heavy (non-hydrogen) atoms. The first-order chi connectivity index (χ1) is 7.53. The molecular formula is C12H17N3O. The molecule has 0 bridgehead atoms. The molecule has 2 rings (SSSR count). The van der Waals surface area contributed by atoms with Gasteiger partial charge in [-0.05, 0) is 36.1 Å². The molecular weight excluding hydrogens is 202 g/mol. The number of rotatable bonds is 3. The second-order valence-electron chi connectivity index (χ2n) is 4.76. The van der Waals surface area contributed by atoms with Crippen LogP contribution in [0.4, 0.5) is 0 Å². The van der Waals surface area contributed by atoms with Crippen LogP contribution in [0.25, 0.3) is 11.0 Å². The molecule has 4 heteroatoms. The maximum absolute atomic E-state index is 11.1. The van der Waals surface area contributed by atoms with Gasteiger partial charge in [-0.3, -0.25) is 0 Å². The first-order valence-corrected chi connectivity index (χ1v) is 5.45. The Balaban J connectivity index is 2.49. The van der Waals surface area contributed by atoms with Gasteiger partial charge in [0.1, 0.15) is 0 Å². The van der Waals surface area contributed by atoms with E-state index in [0.29, 0.717) is 6.54 Å². The largest absolute Gasteiger partial charge is 0.330 e. The average molecular weight is 219 g/mol. The van der Waals surface area contributed by atoms with Crippen molar-refractivity contribution < 1.29 is 0 Å². The van der Waals surface area contributed by atoms with Gasteiger partial charge in [0.05, 0.1) is 11.0 Å². The van der Waals surface area contributed by atoms with Gasteiger partial charge in [0.2, 0.25) is 0 Å². The van der Waals surface area contributed by atoms with Crippen molar-refractivity contribution in [3.8, 4) is 0 Å². The Morgan fingerprint density at radius 1 is 1.25 bits per heavy atom. The molecule has 86 valence electrons. The van der Waals surface area contributed by atoms with Gasteiger partial charge in [0.25, 0.3) is 0 Å². The lowest BCUT2D eigenvalue weighted by molar-refractivity contribution is 0.488. The van der Waals surface area contributed by atoms with Gasteiger partial charge >= 0.3 is 5.69 Å². The van der Waals surface area contributed by atoms with E-state index >= 15 is 0 Å². The zero-order valence-corrected chi connectivity index (χ0v) is 9.63. The number of hydrogen-bond donors (Lipinski definition) is 3. The molecule has 4 nitrogen and oxygen atoms in total. The topological polar surface area (TPSA) is 74.7 Å². The summed E-state index contributed by atoms with van der Waals surface area (Å²) in [6, 6.07) is 5.99. The Morgan fingerprint density at radius 2 is 1.94 bits per heavy atom. The number of H-pyrrole nitrogens is 2. The summed E-state index contributed by atoms with van der Waals surface area (Å²) in [4.78, 5) is 16.6. The van der Waals surface area contributed by atoms with Crippen molar-refractivity contribution >= 4 is 11.0 Å². The van der Waals surface area contributed by atoms with E-state index in [1.165, 1.54) is 5.56 Å². The molecule has 0 fully saturated rings. The van der Waals surface area contributed by atoms with E-state index in [2.05, 4.69) is 23.8 Å². The standard InChI is InChI=1S/C12H17N3O/c1-12(2,5-6-13)8-3-4-9-10(7-8)15-11(16)14-9/h3-4,7H,5-6,13H2,1-2H3,(H2,14,15,16). The predicted molar refractivity (Wildman–Crippen MR) is 65.6 cm³/mol. The Kier molecular flexibility index (Phi) is 2.59. The first kappa shape index (κ1) is 11.0. The lowest BCUT2D eigenvalue weighted by Gasteiger charge is -2.24. The highest BCUT2D eigenvalue weighted by molar-refractivity contribution is 5.75. The second kappa shape index (κ2) is 3.79. The van der Waals surface area contributed by atoms with E-state index in [0.717, 1.165) is 17.5 Å². The molecule has 4 N–H and O–H groups in total. The van der Waals surface area contributed by atoms with Crippen LogP contribution in [0, 0.1) is 0 Å². The predicted octanol–water partition coefficient (Wildman–Crippen LogP) is 1.48. The van der Waals surface area contributed by atoms with Gasteiger partial charge in [0.15, 0.2) is 0 Å². The van der Waals surface area contributed by atoms with Crippen LogP contribution >= 0.6 is 0 Å². The van der Waals surface area contributed by atoms with E-state index in [4.69, 9.17) is 5.73 Å². The molecule has 1 aromatic carbocycles. The minimum Gasteiger partial charge on any atom is -0.330 e. The van der Waals surface area contributed by atoms with E-state index < -0.39 is 0 Å². The van der Waals surface area contributed by atoms with Crippen molar-refractivity contribution in [1.82, 2.24) is 9.97 Å². The average Bonchev–Trinajstić information content (AvgIpc) is 2.56. The molecule has 0 saturated carbocycles. The van der Waals surface area contributed by atoms with Gasteiger partial charge in [-0.2, -0.15) is 0 Å². The normalized spacial score (nSPS) is 12.2. The van der Waals surface area contributed by atoms with Gasteiger partial charge in [-0.1, -0.05) is 19.9 Å². The molecule has 0 spiro atoms. The van der Waals surface area contributed by atoms with Gasteiger partial charge < -0.3 is 15.7 Å². The second-order valence-corrected chi connectivity index (χ2v) is 4.76. The molecule has 0 radical (unpaired) electrons. The number of aromatic nitrogens is 2. The van der Waals surface area contributed by atoms with Crippen LogP contribution < -0.4 is 11.4 Å². The first-order valence-electron chi connectivity index (χ1n) is 5.45. The Bertz CT molecular complexity index is 551. The third-order valence-electron chi connectivity index (χ3n) is 3.07. The quantitative estimate of drug-likeness (QED) is 0.731. The fourth-order valence-corrected chi connectivity index (χ4v) is 1.96. The third kappa shape index (κ3) is 1.88. The minimum atomic E-state index is -0.163. The number of fused-ring (bicyclic) bond motifs is 1. The lowest BCUT2D eigenvalue weighted by atomic mass is 9.81. The highest BCUT2D eigenvalue weighted by Crippen LogP contribution is 2.27. The number of imidazole rings is 1. The van der Waals surface area contributed by atoms with Crippen LogP contribution in [-0.4, -0.2) is 16.5 Å². The summed E-state index contributed by atoms with van der Waals surface area (Å²) in [5, 5.41) is 0. The summed E-state index contributed by atoms with van der Waals surface area (Å²) < 4.78 is 0. The van der Waals surface area contributed by atoms with Crippen LogP contribution in [0.2, 0.25) is 0 Å². The summed E-state index contributed by atoms with van der Waals surface area (Å²) in [6.07, 6.45) is 0.924. The lowest BCUT2D eigenvalue weighted by Crippen LogP contribution is -2.21. The summed E-state index contributed by atoms with van der Waals surface area (Å²) in [7, 11) is 0. The summed E-state index contributed by atoms with van der Waals surface area (Å²) >= 11 is 0. The van der Waals surface area contributed by atoms with Crippen molar-refractivity contribution in [3.63, 3.8) is 0 Å². The molecule has 0 amide bonds. The van der Waals surface area contributed by atoms with Crippen molar-refractivity contribution in [2.45, 2.75) is 25.7 Å². The molecule has 0 aliphatic carbocycles. The highest BCUT2D eigenvalue weighted by Gasteiger charge is 2.19. The molecule has 2 aromatic rings. The number of aromatic amines is 2. The monoisotopic (exact) mass is 219 g/mol. The number of benzene rings is 1. The van der Waals surface area contributed by atoms with E-state index in [1.807, 2.05) is 18.2 Å². The number of hydrogen-bond acceptors (Lipinski definition) is 2. The molecule has 0 aliphatic heterocycles. The van der Waals surface area contributed by atoms with E-state index in [1.54, 1.807) is 0 Å². The highest BCUT2D eigenvalue weighted by atomic mass is 16.1. The third-order valence-corrected chi connectivity index (χ3v) is 3.07. The Hall–Kier alpha value is -1.55. The summed E-state index contributed by atoms with van der Waals surface area (Å²) in [6.45, 7) is 4.98. The zero-order chi connectivity index (χ0) is 11.8. The van der Waals surface area contributed by atoms with Gasteiger partial charge in [-0.25, -0.2) is 4.79 Å². The Labute approximate surface area is 93.9 Å². The molecule has 0 saturated heterocycles. The van der Waals surface area contributed by atoms with Crippen LogP contribution in [0.1, 0.15) is 25.8 Å². The zero-order valence-electron chi connectivity index (χ0n) is 9.63. The van der Waals surface area contributed by atoms with Gasteiger partial charge in [0, 0.05) is 0 Å². The van der Waals surface area contributed by atoms with Crippen LogP contribution in [0.15, 0.2) is 23.0 Å². The summed E-state index contributed by atoms with van der Waals surface area (Å²) in [5.41, 5.74) is 8.37. The Morgan fingerprint density at radius 3 is 2.62 bits per heavy atom.